The monoisotopic (exact) mass is 164 g/mol. The minimum absolute atomic E-state index is 0.228. The van der Waals surface area contributed by atoms with Gasteiger partial charge in [0.05, 0.1) is 7.11 Å². The molecule has 2 rings (SSSR count). The van der Waals surface area contributed by atoms with E-state index in [2.05, 4.69) is 17.9 Å². The third-order valence-electron chi connectivity index (χ3n) is 2.56. The number of ether oxygens (including phenoxy) is 1. The zero-order valence-corrected chi connectivity index (χ0v) is 7.34. The lowest BCUT2D eigenvalue weighted by atomic mass is 10.1. The maximum Gasteiger partial charge on any atom is 0.121 e. The Balaban J connectivity index is 2.25. The van der Waals surface area contributed by atoms with E-state index in [4.69, 9.17) is 4.74 Å². The van der Waals surface area contributed by atoms with Crippen LogP contribution < -0.4 is 10.5 Å². The maximum atomic E-state index is 5.08. The van der Waals surface area contributed by atoms with Gasteiger partial charge in [-0.3, -0.25) is 0 Å². The lowest BCUT2D eigenvalue weighted by Crippen LogP contribution is -2.61. The summed E-state index contributed by atoms with van der Waals surface area (Å²) in [6.07, 6.45) is 2.44. The van der Waals surface area contributed by atoms with Gasteiger partial charge in [-0.25, -0.2) is 0 Å². The van der Waals surface area contributed by atoms with E-state index in [1.54, 1.807) is 7.11 Å². The van der Waals surface area contributed by atoms with Gasteiger partial charge in [-0.05, 0) is 24.3 Å². The molecule has 0 aliphatic heterocycles. The summed E-state index contributed by atoms with van der Waals surface area (Å²) in [5.41, 5.74) is 5.73. The molecule has 0 radical (unpaired) electrons. The molecule has 0 saturated heterocycles. The summed E-state index contributed by atoms with van der Waals surface area (Å²) in [5, 5.41) is 0. The van der Waals surface area contributed by atoms with Crippen molar-refractivity contribution >= 4 is 0 Å². The number of hydrogen-bond donors (Lipinski definition) is 1. The van der Waals surface area contributed by atoms with Crippen LogP contribution in [-0.4, -0.2) is 7.11 Å². The average molecular weight is 164 g/mol. The predicted molar refractivity (Wildman–Crippen MR) is 46.8 cm³/mol. The zero-order chi connectivity index (χ0) is 8.60. The molecular formula is C10H14NO+. The first-order valence-electron chi connectivity index (χ1n) is 4.24. The lowest BCUT2D eigenvalue weighted by molar-refractivity contribution is -0.446. The summed E-state index contributed by atoms with van der Waals surface area (Å²) < 4.78 is 5.08. The SMILES string of the molecule is COc1ccc(C2([NH3+])CC2)cc1. The van der Waals surface area contributed by atoms with Crippen molar-refractivity contribution in [3.63, 3.8) is 0 Å². The molecule has 12 heavy (non-hydrogen) atoms. The molecule has 0 atom stereocenters. The third-order valence-corrected chi connectivity index (χ3v) is 2.56. The quantitative estimate of drug-likeness (QED) is 0.693. The van der Waals surface area contributed by atoms with Crippen molar-refractivity contribution in [3.8, 4) is 5.75 Å². The van der Waals surface area contributed by atoms with Crippen LogP contribution in [0.25, 0.3) is 0 Å². The third kappa shape index (κ3) is 1.18. The molecule has 1 saturated carbocycles. The van der Waals surface area contributed by atoms with Crippen LogP contribution in [0.5, 0.6) is 5.75 Å². The Kier molecular flexibility index (Phi) is 1.58. The van der Waals surface area contributed by atoms with Crippen molar-refractivity contribution in [2.24, 2.45) is 0 Å². The minimum Gasteiger partial charge on any atom is -0.497 e. The molecule has 0 spiro atoms. The zero-order valence-electron chi connectivity index (χ0n) is 7.34. The first kappa shape index (κ1) is 7.62. The maximum absolute atomic E-state index is 5.08. The molecule has 0 heterocycles. The van der Waals surface area contributed by atoms with E-state index in [0.29, 0.717) is 0 Å². The Morgan fingerprint density at radius 2 is 1.83 bits per heavy atom. The Bertz CT molecular complexity index is 274. The number of quaternary nitrogens is 1. The van der Waals surface area contributed by atoms with Gasteiger partial charge in [0.1, 0.15) is 11.3 Å². The van der Waals surface area contributed by atoms with E-state index < -0.39 is 0 Å². The van der Waals surface area contributed by atoms with Crippen LogP contribution in [0, 0.1) is 0 Å². The van der Waals surface area contributed by atoms with Crippen LogP contribution in [0.1, 0.15) is 18.4 Å². The molecule has 1 aromatic carbocycles. The van der Waals surface area contributed by atoms with Crippen molar-refractivity contribution in [1.29, 1.82) is 0 Å². The molecule has 2 heteroatoms. The number of rotatable bonds is 2. The van der Waals surface area contributed by atoms with Crippen molar-refractivity contribution < 1.29 is 10.5 Å². The molecule has 2 nitrogen and oxygen atoms in total. The molecule has 3 N–H and O–H groups in total. The summed E-state index contributed by atoms with van der Waals surface area (Å²) in [7, 11) is 1.69. The highest BCUT2D eigenvalue weighted by molar-refractivity contribution is 5.32. The smallest absolute Gasteiger partial charge is 0.121 e. The van der Waals surface area contributed by atoms with Crippen molar-refractivity contribution in [2.45, 2.75) is 18.4 Å². The molecule has 0 aromatic heterocycles. The second-order valence-electron chi connectivity index (χ2n) is 3.51. The number of methoxy groups -OCH3 is 1. The highest BCUT2D eigenvalue weighted by Crippen LogP contribution is 2.40. The summed E-state index contributed by atoms with van der Waals surface area (Å²) in [6, 6.07) is 8.22. The fourth-order valence-corrected chi connectivity index (χ4v) is 1.38. The average Bonchev–Trinajstić information content (AvgIpc) is 2.85. The summed E-state index contributed by atoms with van der Waals surface area (Å²) >= 11 is 0. The number of benzene rings is 1. The van der Waals surface area contributed by atoms with Gasteiger partial charge >= 0.3 is 0 Å². The Hall–Kier alpha value is -1.02. The highest BCUT2D eigenvalue weighted by Gasteiger charge is 2.44. The summed E-state index contributed by atoms with van der Waals surface area (Å²) in [5.74, 6) is 0.919. The Morgan fingerprint density at radius 1 is 1.25 bits per heavy atom. The van der Waals surface area contributed by atoms with Crippen LogP contribution in [0.3, 0.4) is 0 Å². The van der Waals surface area contributed by atoms with Gasteiger partial charge in [0, 0.05) is 18.4 Å². The van der Waals surface area contributed by atoms with Crippen LogP contribution in [0.2, 0.25) is 0 Å². The molecule has 1 aliphatic rings. The predicted octanol–water partition coefficient (Wildman–Crippen LogP) is 0.926. The van der Waals surface area contributed by atoms with Gasteiger partial charge in [-0.15, -0.1) is 0 Å². The highest BCUT2D eigenvalue weighted by atomic mass is 16.5. The summed E-state index contributed by atoms with van der Waals surface area (Å²) in [6.45, 7) is 0. The molecule has 1 aromatic rings. The minimum atomic E-state index is 0.228. The van der Waals surface area contributed by atoms with Gasteiger partial charge < -0.3 is 10.5 Å². The van der Waals surface area contributed by atoms with Crippen molar-refractivity contribution in [1.82, 2.24) is 0 Å². The standard InChI is InChI=1S/C10H13NO/c1-12-9-4-2-8(3-5-9)10(11)6-7-10/h2-5H,6-7,11H2,1H3/p+1. The van der Waals surface area contributed by atoms with Gasteiger partial charge in [-0.1, -0.05) is 0 Å². The van der Waals surface area contributed by atoms with E-state index in [0.717, 1.165) is 5.75 Å². The van der Waals surface area contributed by atoms with Gasteiger partial charge in [-0.2, -0.15) is 0 Å². The van der Waals surface area contributed by atoms with Crippen molar-refractivity contribution in [3.05, 3.63) is 29.8 Å². The van der Waals surface area contributed by atoms with Crippen LogP contribution in [0.15, 0.2) is 24.3 Å². The van der Waals surface area contributed by atoms with E-state index in [9.17, 15) is 0 Å². The Morgan fingerprint density at radius 3 is 2.25 bits per heavy atom. The van der Waals surface area contributed by atoms with Gasteiger partial charge in [0.25, 0.3) is 0 Å². The first-order valence-corrected chi connectivity index (χ1v) is 4.24. The number of hydrogen-bond acceptors (Lipinski definition) is 1. The molecule has 0 amide bonds. The second kappa shape index (κ2) is 2.49. The van der Waals surface area contributed by atoms with E-state index in [-0.39, 0.29) is 5.54 Å². The van der Waals surface area contributed by atoms with Gasteiger partial charge in [0.15, 0.2) is 0 Å². The fraction of sp³-hybridized carbons (Fsp3) is 0.400. The molecule has 0 bridgehead atoms. The van der Waals surface area contributed by atoms with Crippen LogP contribution in [-0.2, 0) is 5.54 Å². The molecule has 64 valence electrons. The topological polar surface area (TPSA) is 36.9 Å². The van der Waals surface area contributed by atoms with E-state index in [1.807, 2.05) is 12.1 Å². The lowest BCUT2D eigenvalue weighted by Gasteiger charge is -2.06. The van der Waals surface area contributed by atoms with E-state index >= 15 is 0 Å². The molecule has 1 fully saturated rings. The second-order valence-corrected chi connectivity index (χ2v) is 3.51. The van der Waals surface area contributed by atoms with Crippen LogP contribution in [0.4, 0.5) is 0 Å². The normalized spacial score (nSPS) is 18.8. The van der Waals surface area contributed by atoms with Crippen LogP contribution >= 0.6 is 0 Å². The first-order chi connectivity index (χ1) is 5.74. The summed E-state index contributed by atoms with van der Waals surface area (Å²) in [4.78, 5) is 0. The largest absolute Gasteiger partial charge is 0.497 e. The fourth-order valence-electron chi connectivity index (χ4n) is 1.38. The molecular weight excluding hydrogens is 150 g/mol. The molecule has 0 unspecified atom stereocenters. The van der Waals surface area contributed by atoms with Gasteiger partial charge in [0.2, 0.25) is 0 Å². The Labute approximate surface area is 72.3 Å². The van der Waals surface area contributed by atoms with Crippen molar-refractivity contribution in [2.75, 3.05) is 7.11 Å². The van der Waals surface area contributed by atoms with E-state index in [1.165, 1.54) is 18.4 Å². The molecule has 1 aliphatic carbocycles.